The first-order chi connectivity index (χ1) is 11.6. The minimum Gasteiger partial charge on any atom is -0.325 e. The fourth-order valence-corrected chi connectivity index (χ4v) is 3.43. The van der Waals surface area contributed by atoms with Crippen LogP contribution in [0.15, 0.2) is 42.7 Å². The Hall–Kier alpha value is -2.34. The van der Waals surface area contributed by atoms with E-state index in [1.807, 2.05) is 12.1 Å². The van der Waals surface area contributed by atoms with Gasteiger partial charge in [-0.2, -0.15) is 0 Å². The first-order valence-electron chi connectivity index (χ1n) is 7.87. The molecule has 0 saturated heterocycles. The number of pyridine rings is 1. The van der Waals surface area contributed by atoms with Crippen LogP contribution in [0.25, 0.3) is 0 Å². The van der Waals surface area contributed by atoms with Crippen LogP contribution in [0.3, 0.4) is 0 Å². The van der Waals surface area contributed by atoms with Crippen molar-refractivity contribution in [1.29, 1.82) is 0 Å². The lowest BCUT2D eigenvalue weighted by Crippen LogP contribution is -2.33. The second-order valence-electron chi connectivity index (χ2n) is 5.73. The molecule has 0 radical (unpaired) electrons. The van der Waals surface area contributed by atoms with Crippen molar-refractivity contribution in [3.8, 4) is 0 Å². The number of carbonyl (C=O) groups excluding carboxylic acids is 2. The minimum atomic E-state index is -0.194. The molecule has 0 aliphatic carbocycles. The number of rotatable bonds is 3. The molecule has 1 aliphatic rings. The zero-order chi connectivity index (χ0) is 16.9. The maximum absolute atomic E-state index is 12.5. The number of nitrogens with one attached hydrogen (secondary N) is 1. The van der Waals surface area contributed by atoms with Gasteiger partial charge in [0.15, 0.2) is 0 Å². The van der Waals surface area contributed by atoms with Crippen molar-refractivity contribution in [2.75, 3.05) is 22.5 Å². The summed E-state index contributed by atoms with van der Waals surface area (Å²) >= 11 is 1.04. The number of benzene rings is 1. The highest BCUT2D eigenvalue weighted by atomic mass is 32.2. The molecule has 1 aliphatic heterocycles. The highest BCUT2D eigenvalue weighted by Gasteiger charge is 2.23. The van der Waals surface area contributed by atoms with Gasteiger partial charge in [0.2, 0.25) is 5.91 Å². The summed E-state index contributed by atoms with van der Waals surface area (Å²) in [6.45, 7) is 2.76. The van der Waals surface area contributed by atoms with Gasteiger partial charge in [0.05, 0.1) is 5.75 Å². The number of hydrogen-bond acceptors (Lipinski definition) is 4. The lowest BCUT2D eigenvalue weighted by atomic mass is 10.0. The van der Waals surface area contributed by atoms with Gasteiger partial charge in [-0.15, -0.1) is 0 Å². The van der Waals surface area contributed by atoms with E-state index in [9.17, 15) is 9.59 Å². The van der Waals surface area contributed by atoms with Crippen LogP contribution in [0.4, 0.5) is 16.2 Å². The Kier molecular flexibility index (Phi) is 5.15. The van der Waals surface area contributed by atoms with Crippen molar-refractivity contribution in [2.45, 2.75) is 19.8 Å². The Labute approximate surface area is 145 Å². The van der Waals surface area contributed by atoms with Crippen LogP contribution in [0.2, 0.25) is 0 Å². The maximum atomic E-state index is 12.5. The molecular formula is C18H19N3O2S. The molecule has 24 heavy (non-hydrogen) atoms. The zero-order valence-corrected chi connectivity index (χ0v) is 14.3. The van der Waals surface area contributed by atoms with Gasteiger partial charge in [0.1, 0.15) is 0 Å². The van der Waals surface area contributed by atoms with Crippen molar-refractivity contribution in [3.63, 3.8) is 0 Å². The van der Waals surface area contributed by atoms with Gasteiger partial charge < -0.3 is 10.2 Å². The molecule has 0 spiro atoms. The van der Waals surface area contributed by atoms with Gasteiger partial charge in [0, 0.05) is 30.3 Å². The molecule has 1 N–H and O–H groups in total. The van der Waals surface area contributed by atoms with Gasteiger partial charge in [0.25, 0.3) is 5.24 Å². The number of carbonyl (C=O) groups is 2. The monoisotopic (exact) mass is 341 g/mol. The Balaban J connectivity index is 1.59. The van der Waals surface area contributed by atoms with Crippen molar-refractivity contribution in [3.05, 3.63) is 53.9 Å². The van der Waals surface area contributed by atoms with E-state index in [1.54, 1.807) is 29.4 Å². The zero-order valence-electron chi connectivity index (χ0n) is 13.5. The number of hydrogen-bond donors (Lipinski definition) is 1. The highest BCUT2D eigenvalue weighted by Crippen LogP contribution is 2.30. The van der Waals surface area contributed by atoms with Crippen molar-refractivity contribution >= 4 is 34.3 Å². The molecule has 2 heterocycles. The number of nitrogens with zero attached hydrogens (tertiary/aromatic N) is 2. The number of anilines is 2. The van der Waals surface area contributed by atoms with Gasteiger partial charge >= 0.3 is 0 Å². The maximum Gasteiger partial charge on any atom is 0.286 e. The predicted molar refractivity (Wildman–Crippen MR) is 97.6 cm³/mol. The largest absolute Gasteiger partial charge is 0.325 e. The third kappa shape index (κ3) is 3.94. The Morgan fingerprint density at radius 1 is 1.25 bits per heavy atom. The molecule has 5 nitrogen and oxygen atoms in total. The average molecular weight is 341 g/mol. The minimum absolute atomic E-state index is 0.0790. The molecule has 124 valence electrons. The van der Waals surface area contributed by atoms with Crippen LogP contribution in [0, 0.1) is 6.92 Å². The molecule has 1 aromatic heterocycles. The SMILES string of the molecule is Cc1ccc2c(c1)CCCN2C(=O)SCC(=O)Nc1ccncc1. The lowest BCUT2D eigenvalue weighted by molar-refractivity contribution is -0.113. The van der Waals surface area contributed by atoms with E-state index in [0.29, 0.717) is 12.2 Å². The first kappa shape index (κ1) is 16.5. The Bertz CT molecular complexity index is 749. The number of aromatic nitrogens is 1. The molecule has 0 saturated carbocycles. The molecule has 2 amide bonds. The van der Waals surface area contributed by atoms with E-state index < -0.39 is 0 Å². The molecule has 0 unspecified atom stereocenters. The van der Waals surface area contributed by atoms with Crippen molar-refractivity contribution in [1.82, 2.24) is 4.98 Å². The fourth-order valence-electron chi connectivity index (χ4n) is 2.75. The average Bonchev–Trinajstić information content (AvgIpc) is 2.59. The van der Waals surface area contributed by atoms with Gasteiger partial charge in [-0.1, -0.05) is 29.5 Å². The first-order valence-corrected chi connectivity index (χ1v) is 8.86. The summed E-state index contributed by atoms with van der Waals surface area (Å²) in [6, 6.07) is 9.58. The summed E-state index contributed by atoms with van der Waals surface area (Å²) in [5, 5.41) is 2.68. The smallest absolute Gasteiger partial charge is 0.286 e. The van der Waals surface area contributed by atoms with Crippen molar-refractivity contribution < 1.29 is 9.59 Å². The van der Waals surface area contributed by atoms with E-state index in [1.165, 1.54) is 11.1 Å². The van der Waals surface area contributed by atoms with E-state index >= 15 is 0 Å². The number of amides is 2. The van der Waals surface area contributed by atoms with Crippen LogP contribution in [0.1, 0.15) is 17.5 Å². The molecule has 0 atom stereocenters. The summed E-state index contributed by atoms with van der Waals surface area (Å²) in [5.74, 6) is -0.0977. The summed E-state index contributed by atoms with van der Waals surface area (Å²) in [6.07, 6.45) is 5.17. The summed E-state index contributed by atoms with van der Waals surface area (Å²) in [5.41, 5.74) is 4.06. The third-order valence-electron chi connectivity index (χ3n) is 3.86. The Morgan fingerprint density at radius 2 is 2.04 bits per heavy atom. The predicted octanol–water partition coefficient (Wildman–Crippen LogP) is 3.63. The van der Waals surface area contributed by atoms with Gasteiger partial charge in [-0.25, -0.2) is 0 Å². The third-order valence-corrected chi connectivity index (χ3v) is 4.74. The number of fused-ring (bicyclic) bond motifs is 1. The van der Waals surface area contributed by atoms with Crippen LogP contribution >= 0.6 is 11.8 Å². The summed E-state index contributed by atoms with van der Waals surface area (Å²) < 4.78 is 0. The van der Waals surface area contributed by atoms with Crippen LogP contribution in [-0.2, 0) is 11.2 Å². The van der Waals surface area contributed by atoms with Crippen molar-refractivity contribution in [2.24, 2.45) is 0 Å². The molecular weight excluding hydrogens is 322 g/mol. The molecule has 0 fully saturated rings. The molecule has 3 rings (SSSR count). The fraction of sp³-hybridized carbons (Fsp3) is 0.278. The van der Waals surface area contributed by atoms with E-state index in [0.717, 1.165) is 30.3 Å². The van der Waals surface area contributed by atoms with Gasteiger partial charge in [-0.05, 0) is 43.5 Å². The molecule has 6 heteroatoms. The number of aryl methyl sites for hydroxylation is 2. The highest BCUT2D eigenvalue weighted by molar-refractivity contribution is 8.14. The van der Waals surface area contributed by atoms with Crippen LogP contribution in [0.5, 0.6) is 0 Å². The van der Waals surface area contributed by atoms with E-state index in [-0.39, 0.29) is 16.9 Å². The van der Waals surface area contributed by atoms with Crippen LogP contribution < -0.4 is 10.2 Å². The second-order valence-corrected chi connectivity index (χ2v) is 6.65. The van der Waals surface area contributed by atoms with E-state index in [2.05, 4.69) is 23.3 Å². The number of thioether (sulfide) groups is 1. The van der Waals surface area contributed by atoms with Gasteiger partial charge in [-0.3, -0.25) is 14.6 Å². The molecule has 1 aromatic carbocycles. The van der Waals surface area contributed by atoms with Crippen LogP contribution in [-0.4, -0.2) is 28.4 Å². The topological polar surface area (TPSA) is 62.3 Å². The quantitative estimate of drug-likeness (QED) is 0.926. The lowest BCUT2D eigenvalue weighted by Gasteiger charge is -2.29. The van der Waals surface area contributed by atoms with E-state index in [4.69, 9.17) is 0 Å². The Morgan fingerprint density at radius 3 is 2.83 bits per heavy atom. The second kappa shape index (κ2) is 7.49. The summed E-state index contributed by atoms with van der Waals surface area (Å²) in [7, 11) is 0. The molecule has 2 aromatic rings. The standard InChI is InChI=1S/C18H19N3O2S/c1-13-4-5-16-14(11-13)3-2-10-21(16)18(23)24-12-17(22)20-15-6-8-19-9-7-15/h4-9,11H,2-3,10,12H2,1H3,(H,19,20,22). The normalized spacial score (nSPS) is 13.3. The molecule has 0 bridgehead atoms. The summed E-state index contributed by atoms with van der Waals surface area (Å²) in [4.78, 5) is 30.1.